The molecule has 0 bridgehead atoms. The van der Waals surface area contributed by atoms with E-state index in [1.807, 2.05) is 60.7 Å². The van der Waals surface area contributed by atoms with Crippen molar-refractivity contribution < 1.29 is 4.79 Å². The van der Waals surface area contributed by atoms with Crippen LogP contribution in [0.5, 0.6) is 0 Å². The lowest BCUT2D eigenvalue weighted by atomic mass is 10.1. The first-order valence-corrected chi connectivity index (χ1v) is 7.76. The van der Waals surface area contributed by atoms with Gasteiger partial charge >= 0.3 is 0 Å². The summed E-state index contributed by atoms with van der Waals surface area (Å²) in [5, 5.41) is 0.567. The highest BCUT2D eigenvalue weighted by Gasteiger charge is 2.17. The SMILES string of the molecule is CCc1sc(C(=O)c2ccccc2)nc1-c1ccccc1. The highest BCUT2D eigenvalue weighted by Crippen LogP contribution is 2.29. The molecule has 0 saturated heterocycles. The summed E-state index contributed by atoms with van der Waals surface area (Å²) in [7, 11) is 0. The molecule has 0 N–H and O–H groups in total. The molecule has 0 atom stereocenters. The minimum Gasteiger partial charge on any atom is -0.286 e. The molecule has 3 aromatic rings. The van der Waals surface area contributed by atoms with Gasteiger partial charge in [0, 0.05) is 16.0 Å². The molecular weight excluding hydrogens is 278 g/mol. The minimum absolute atomic E-state index is 0.00233. The van der Waals surface area contributed by atoms with Gasteiger partial charge in [0.25, 0.3) is 0 Å². The number of carbonyl (C=O) groups is 1. The van der Waals surface area contributed by atoms with Crippen LogP contribution in [0.4, 0.5) is 0 Å². The van der Waals surface area contributed by atoms with Crippen LogP contribution in [0, 0.1) is 0 Å². The summed E-state index contributed by atoms with van der Waals surface area (Å²) < 4.78 is 0. The van der Waals surface area contributed by atoms with Crippen LogP contribution in [0.2, 0.25) is 0 Å². The first kappa shape index (κ1) is 13.7. The molecule has 21 heavy (non-hydrogen) atoms. The van der Waals surface area contributed by atoms with E-state index < -0.39 is 0 Å². The Morgan fingerprint density at radius 3 is 2.24 bits per heavy atom. The molecule has 3 heteroatoms. The Morgan fingerprint density at radius 1 is 1.00 bits per heavy atom. The quantitative estimate of drug-likeness (QED) is 0.658. The van der Waals surface area contributed by atoms with E-state index in [1.165, 1.54) is 11.3 Å². The zero-order valence-corrected chi connectivity index (χ0v) is 12.6. The van der Waals surface area contributed by atoms with Gasteiger partial charge in [0.2, 0.25) is 5.78 Å². The molecule has 104 valence electrons. The standard InChI is InChI=1S/C18H15NOS/c1-2-15-16(13-9-5-3-6-10-13)19-18(21-15)17(20)14-11-7-4-8-12-14/h3-12H,2H2,1H3. The Labute approximate surface area is 128 Å². The number of carbonyl (C=O) groups excluding carboxylic acids is 1. The van der Waals surface area contributed by atoms with Crippen LogP contribution in [0.1, 0.15) is 27.2 Å². The summed E-state index contributed by atoms with van der Waals surface area (Å²) in [4.78, 5) is 18.3. The number of hydrogen-bond acceptors (Lipinski definition) is 3. The Kier molecular flexibility index (Phi) is 3.93. The summed E-state index contributed by atoms with van der Waals surface area (Å²) in [6, 6.07) is 19.4. The van der Waals surface area contributed by atoms with Gasteiger partial charge in [-0.05, 0) is 6.42 Å². The maximum Gasteiger partial charge on any atom is 0.221 e. The summed E-state index contributed by atoms with van der Waals surface area (Å²) in [5.41, 5.74) is 2.69. The number of nitrogens with zero attached hydrogens (tertiary/aromatic N) is 1. The molecule has 0 aliphatic carbocycles. The average molecular weight is 293 g/mol. The number of thiazole rings is 1. The molecule has 0 saturated carbocycles. The highest BCUT2D eigenvalue weighted by atomic mass is 32.1. The number of ketones is 1. The normalized spacial score (nSPS) is 10.5. The molecule has 0 aliphatic rings. The van der Waals surface area contributed by atoms with Gasteiger partial charge in [0.1, 0.15) is 0 Å². The van der Waals surface area contributed by atoms with Gasteiger partial charge in [-0.15, -0.1) is 11.3 Å². The number of rotatable bonds is 4. The van der Waals surface area contributed by atoms with Crippen molar-refractivity contribution in [2.75, 3.05) is 0 Å². The van der Waals surface area contributed by atoms with Gasteiger partial charge < -0.3 is 0 Å². The van der Waals surface area contributed by atoms with Crippen molar-refractivity contribution in [3.05, 3.63) is 76.1 Å². The largest absolute Gasteiger partial charge is 0.286 e. The molecule has 3 rings (SSSR count). The minimum atomic E-state index is -0.00233. The molecule has 1 heterocycles. The van der Waals surface area contributed by atoms with Crippen LogP contribution in [-0.4, -0.2) is 10.8 Å². The van der Waals surface area contributed by atoms with Gasteiger partial charge in [-0.2, -0.15) is 0 Å². The lowest BCUT2D eigenvalue weighted by Crippen LogP contribution is -1.99. The predicted octanol–water partition coefficient (Wildman–Crippen LogP) is 4.60. The van der Waals surface area contributed by atoms with Crippen LogP contribution >= 0.6 is 11.3 Å². The van der Waals surface area contributed by atoms with E-state index in [1.54, 1.807) is 0 Å². The molecule has 2 aromatic carbocycles. The topological polar surface area (TPSA) is 30.0 Å². The zero-order chi connectivity index (χ0) is 14.7. The Morgan fingerprint density at radius 2 is 1.62 bits per heavy atom. The van der Waals surface area contributed by atoms with Crippen molar-refractivity contribution in [3.63, 3.8) is 0 Å². The monoisotopic (exact) mass is 293 g/mol. The van der Waals surface area contributed by atoms with Gasteiger partial charge in [0.15, 0.2) is 5.01 Å². The Balaban J connectivity index is 2.02. The number of hydrogen-bond donors (Lipinski definition) is 0. The predicted molar refractivity (Wildman–Crippen MR) is 86.8 cm³/mol. The number of aromatic nitrogens is 1. The molecule has 0 spiro atoms. The van der Waals surface area contributed by atoms with Gasteiger partial charge in [0.05, 0.1) is 5.69 Å². The summed E-state index contributed by atoms with van der Waals surface area (Å²) in [6.45, 7) is 2.09. The molecule has 2 nitrogen and oxygen atoms in total. The van der Waals surface area contributed by atoms with E-state index >= 15 is 0 Å². The van der Waals surface area contributed by atoms with E-state index in [0.717, 1.165) is 22.6 Å². The molecule has 0 aliphatic heterocycles. The third kappa shape index (κ3) is 2.78. The van der Waals surface area contributed by atoms with Crippen LogP contribution < -0.4 is 0 Å². The molecule has 0 amide bonds. The molecule has 0 radical (unpaired) electrons. The Hall–Kier alpha value is -2.26. The second-order valence-electron chi connectivity index (χ2n) is 4.71. The zero-order valence-electron chi connectivity index (χ0n) is 11.7. The molecule has 0 unspecified atom stereocenters. The lowest BCUT2D eigenvalue weighted by molar-refractivity contribution is 0.103. The van der Waals surface area contributed by atoms with Crippen molar-refractivity contribution in [1.82, 2.24) is 4.98 Å². The second-order valence-corrected chi connectivity index (χ2v) is 5.79. The molecule has 0 fully saturated rings. The molecule has 1 aromatic heterocycles. The summed E-state index contributed by atoms with van der Waals surface area (Å²) in [5.74, 6) is -0.00233. The van der Waals surface area contributed by atoms with Crippen LogP contribution in [0.25, 0.3) is 11.3 Å². The van der Waals surface area contributed by atoms with E-state index in [-0.39, 0.29) is 5.78 Å². The maximum atomic E-state index is 12.5. The highest BCUT2D eigenvalue weighted by molar-refractivity contribution is 7.14. The van der Waals surface area contributed by atoms with Crippen LogP contribution in [-0.2, 0) is 6.42 Å². The third-order valence-electron chi connectivity index (χ3n) is 3.30. The van der Waals surface area contributed by atoms with Crippen molar-refractivity contribution in [1.29, 1.82) is 0 Å². The fraction of sp³-hybridized carbons (Fsp3) is 0.111. The van der Waals surface area contributed by atoms with Crippen LogP contribution in [0.15, 0.2) is 60.7 Å². The van der Waals surface area contributed by atoms with Crippen molar-refractivity contribution >= 4 is 17.1 Å². The smallest absolute Gasteiger partial charge is 0.221 e. The van der Waals surface area contributed by atoms with E-state index in [0.29, 0.717) is 10.6 Å². The van der Waals surface area contributed by atoms with Crippen LogP contribution in [0.3, 0.4) is 0 Å². The van der Waals surface area contributed by atoms with E-state index in [4.69, 9.17) is 0 Å². The Bertz CT molecular complexity index is 747. The van der Waals surface area contributed by atoms with Crippen molar-refractivity contribution in [3.8, 4) is 11.3 Å². The first-order valence-electron chi connectivity index (χ1n) is 6.94. The van der Waals surface area contributed by atoms with E-state index in [2.05, 4.69) is 11.9 Å². The average Bonchev–Trinajstić information content (AvgIpc) is 3.00. The lowest BCUT2D eigenvalue weighted by Gasteiger charge is -1.98. The number of benzene rings is 2. The van der Waals surface area contributed by atoms with Gasteiger partial charge in [-0.3, -0.25) is 4.79 Å². The second kappa shape index (κ2) is 6.02. The van der Waals surface area contributed by atoms with Gasteiger partial charge in [-0.25, -0.2) is 4.98 Å². The summed E-state index contributed by atoms with van der Waals surface area (Å²) >= 11 is 1.50. The van der Waals surface area contributed by atoms with Crippen molar-refractivity contribution in [2.24, 2.45) is 0 Å². The van der Waals surface area contributed by atoms with Gasteiger partial charge in [-0.1, -0.05) is 67.6 Å². The number of aryl methyl sites for hydroxylation is 1. The van der Waals surface area contributed by atoms with E-state index in [9.17, 15) is 4.79 Å². The first-order chi connectivity index (χ1) is 10.3. The van der Waals surface area contributed by atoms with Crippen molar-refractivity contribution in [2.45, 2.75) is 13.3 Å². The fourth-order valence-corrected chi connectivity index (χ4v) is 3.21. The fourth-order valence-electron chi connectivity index (χ4n) is 2.22. The third-order valence-corrected chi connectivity index (χ3v) is 4.49. The molecular formula is C18H15NOS. The summed E-state index contributed by atoms with van der Waals surface area (Å²) in [6.07, 6.45) is 0.879. The maximum absolute atomic E-state index is 12.5.